The molecule has 116 valence electrons. The maximum Gasteiger partial charge on any atom is 0.271 e. The maximum absolute atomic E-state index is 13.1. The predicted octanol–water partition coefficient (Wildman–Crippen LogP) is 1.80. The van der Waals surface area contributed by atoms with E-state index in [-0.39, 0.29) is 17.3 Å². The van der Waals surface area contributed by atoms with E-state index in [4.69, 9.17) is 0 Å². The van der Waals surface area contributed by atoms with E-state index in [9.17, 15) is 18.4 Å². The van der Waals surface area contributed by atoms with Crippen molar-refractivity contribution >= 4 is 5.91 Å². The minimum Gasteiger partial charge on any atom is -0.348 e. The van der Waals surface area contributed by atoms with Crippen LogP contribution in [0.5, 0.6) is 0 Å². The number of hydrogen-bond acceptors (Lipinski definition) is 3. The first-order chi connectivity index (χ1) is 10.5. The van der Waals surface area contributed by atoms with Crippen LogP contribution in [-0.2, 0) is 6.42 Å². The Morgan fingerprint density at radius 3 is 2.68 bits per heavy atom. The van der Waals surface area contributed by atoms with Crippen LogP contribution in [0.2, 0.25) is 0 Å². The number of amides is 1. The van der Waals surface area contributed by atoms with Crippen molar-refractivity contribution in [2.45, 2.75) is 25.8 Å². The van der Waals surface area contributed by atoms with Crippen molar-refractivity contribution in [3.05, 3.63) is 63.6 Å². The van der Waals surface area contributed by atoms with E-state index in [0.29, 0.717) is 18.4 Å². The van der Waals surface area contributed by atoms with Gasteiger partial charge in [-0.05, 0) is 43.5 Å². The quantitative estimate of drug-likeness (QED) is 0.884. The van der Waals surface area contributed by atoms with E-state index in [1.165, 1.54) is 18.2 Å². The molecule has 1 aromatic carbocycles. The standard InChI is InChI=1S/C15H15F2N3O2/c1-9(2-3-10-4-5-11(16)12(17)8-10)18-15(22)13-6-7-14(21)20-19-13/h4-9H,2-3H2,1H3,(H,18,22)(H,20,21)/t9-/m1/s1. The van der Waals surface area contributed by atoms with Gasteiger partial charge >= 0.3 is 0 Å². The molecule has 1 amide bonds. The first-order valence-corrected chi connectivity index (χ1v) is 6.76. The van der Waals surface area contributed by atoms with E-state index in [0.717, 1.165) is 12.1 Å². The van der Waals surface area contributed by atoms with Crippen LogP contribution in [0, 0.1) is 11.6 Å². The third kappa shape index (κ3) is 4.21. The highest BCUT2D eigenvalue weighted by atomic mass is 19.2. The number of nitrogens with one attached hydrogen (secondary N) is 2. The first kappa shape index (κ1) is 15.8. The number of aryl methyl sites for hydroxylation is 1. The molecular weight excluding hydrogens is 292 g/mol. The molecular formula is C15H15F2N3O2. The highest BCUT2D eigenvalue weighted by Crippen LogP contribution is 2.11. The summed E-state index contributed by atoms with van der Waals surface area (Å²) >= 11 is 0. The summed E-state index contributed by atoms with van der Waals surface area (Å²) in [6.07, 6.45) is 1.05. The van der Waals surface area contributed by atoms with Crippen LogP contribution in [0.1, 0.15) is 29.4 Å². The number of aromatic amines is 1. The fraction of sp³-hybridized carbons (Fsp3) is 0.267. The number of H-pyrrole nitrogens is 1. The lowest BCUT2D eigenvalue weighted by molar-refractivity contribution is 0.0932. The van der Waals surface area contributed by atoms with Gasteiger partial charge in [-0.25, -0.2) is 13.9 Å². The zero-order valence-electron chi connectivity index (χ0n) is 11.9. The molecule has 0 aliphatic heterocycles. The van der Waals surface area contributed by atoms with E-state index in [1.54, 1.807) is 6.92 Å². The average Bonchev–Trinajstić information content (AvgIpc) is 2.49. The highest BCUT2D eigenvalue weighted by molar-refractivity contribution is 5.92. The van der Waals surface area contributed by atoms with Crippen molar-refractivity contribution in [1.29, 1.82) is 0 Å². The molecule has 2 rings (SSSR count). The molecule has 0 saturated heterocycles. The summed E-state index contributed by atoms with van der Waals surface area (Å²) < 4.78 is 25.9. The van der Waals surface area contributed by atoms with Gasteiger partial charge in [0.15, 0.2) is 11.6 Å². The molecule has 0 fully saturated rings. The van der Waals surface area contributed by atoms with Crippen molar-refractivity contribution in [2.75, 3.05) is 0 Å². The number of rotatable bonds is 5. The third-order valence-corrected chi connectivity index (χ3v) is 3.14. The highest BCUT2D eigenvalue weighted by Gasteiger charge is 2.12. The first-order valence-electron chi connectivity index (χ1n) is 6.76. The summed E-state index contributed by atoms with van der Waals surface area (Å²) in [6.45, 7) is 1.80. The molecule has 1 aromatic heterocycles. The topological polar surface area (TPSA) is 74.8 Å². The SMILES string of the molecule is C[C@H](CCc1ccc(F)c(F)c1)NC(=O)c1ccc(=O)[nH]n1. The predicted molar refractivity (Wildman–Crippen MR) is 76.5 cm³/mol. The molecule has 1 heterocycles. The van der Waals surface area contributed by atoms with Crippen molar-refractivity contribution in [3.63, 3.8) is 0 Å². The zero-order chi connectivity index (χ0) is 16.1. The van der Waals surface area contributed by atoms with Crippen LogP contribution >= 0.6 is 0 Å². The molecule has 0 unspecified atom stereocenters. The summed E-state index contributed by atoms with van der Waals surface area (Å²) in [5.41, 5.74) is 0.379. The Morgan fingerprint density at radius 1 is 1.27 bits per heavy atom. The van der Waals surface area contributed by atoms with Gasteiger partial charge in [0.2, 0.25) is 0 Å². The lowest BCUT2D eigenvalue weighted by Gasteiger charge is -2.13. The third-order valence-electron chi connectivity index (χ3n) is 3.14. The Labute approximate surface area is 125 Å². The molecule has 0 radical (unpaired) electrons. The van der Waals surface area contributed by atoms with Crippen molar-refractivity contribution in [1.82, 2.24) is 15.5 Å². The van der Waals surface area contributed by atoms with Gasteiger partial charge in [0, 0.05) is 12.1 Å². The number of hydrogen-bond donors (Lipinski definition) is 2. The normalized spacial score (nSPS) is 12.0. The number of benzene rings is 1. The minimum atomic E-state index is -0.883. The van der Waals surface area contributed by atoms with Crippen LogP contribution in [0.3, 0.4) is 0 Å². The fourth-order valence-electron chi connectivity index (χ4n) is 1.92. The molecule has 0 aliphatic carbocycles. The molecule has 22 heavy (non-hydrogen) atoms. The van der Waals surface area contributed by atoms with Crippen LogP contribution in [0.4, 0.5) is 8.78 Å². The molecule has 1 atom stereocenters. The van der Waals surface area contributed by atoms with Gasteiger partial charge in [-0.15, -0.1) is 0 Å². The largest absolute Gasteiger partial charge is 0.348 e. The Bertz CT molecular complexity index is 710. The van der Waals surface area contributed by atoms with Gasteiger partial charge in [0.1, 0.15) is 5.69 Å². The average molecular weight is 307 g/mol. The summed E-state index contributed by atoms with van der Waals surface area (Å²) in [5, 5.41) is 8.53. The monoisotopic (exact) mass is 307 g/mol. The molecule has 0 saturated carbocycles. The van der Waals surface area contributed by atoms with Crippen LogP contribution < -0.4 is 10.9 Å². The molecule has 5 nitrogen and oxygen atoms in total. The van der Waals surface area contributed by atoms with E-state index in [1.807, 2.05) is 0 Å². The van der Waals surface area contributed by atoms with Gasteiger partial charge in [-0.1, -0.05) is 6.07 Å². The second-order valence-corrected chi connectivity index (χ2v) is 4.97. The molecule has 2 N–H and O–H groups in total. The molecule has 0 aliphatic rings. The number of aromatic nitrogens is 2. The second-order valence-electron chi connectivity index (χ2n) is 4.97. The van der Waals surface area contributed by atoms with Gasteiger partial charge in [-0.3, -0.25) is 9.59 Å². The van der Waals surface area contributed by atoms with Crippen molar-refractivity contribution < 1.29 is 13.6 Å². The van der Waals surface area contributed by atoms with Gasteiger partial charge < -0.3 is 5.32 Å². The fourth-order valence-corrected chi connectivity index (χ4v) is 1.92. The molecule has 2 aromatic rings. The Kier molecular flexibility index (Phi) is 4.98. The molecule has 0 bridgehead atoms. The minimum absolute atomic E-state index is 0.110. The van der Waals surface area contributed by atoms with E-state index >= 15 is 0 Å². The number of halogens is 2. The Balaban J connectivity index is 1.88. The number of nitrogens with zero attached hydrogens (tertiary/aromatic N) is 1. The summed E-state index contributed by atoms with van der Waals surface area (Å²) in [6, 6.07) is 6.10. The zero-order valence-corrected chi connectivity index (χ0v) is 11.9. The van der Waals surface area contributed by atoms with Crippen LogP contribution in [-0.4, -0.2) is 22.1 Å². The van der Waals surface area contributed by atoms with E-state index < -0.39 is 17.5 Å². The Morgan fingerprint density at radius 2 is 2.05 bits per heavy atom. The van der Waals surface area contributed by atoms with Gasteiger partial charge in [-0.2, -0.15) is 5.10 Å². The maximum atomic E-state index is 13.1. The molecule has 7 heteroatoms. The number of carbonyl (C=O) groups excluding carboxylic acids is 1. The van der Waals surface area contributed by atoms with Crippen molar-refractivity contribution in [3.8, 4) is 0 Å². The smallest absolute Gasteiger partial charge is 0.271 e. The van der Waals surface area contributed by atoms with E-state index in [2.05, 4.69) is 15.5 Å². The van der Waals surface area contributed by atoms with Crippen molar-refractivity contribution in [2.24, 2.45) is 0 Å². The van der Waals surface area contributed by atoms with Crippen LogP contribution in [0.25, 0.3) is 0 Å². The second kappa shape index (κ2) is 6.93. The number of carbonyl (C=O) groups is 1. The van der Waals surface area contributed by atoms with Crippen LogP contribution in [0.15, 0.2) is 35.1 Å². The van der Waals surface area contributed by atoms with Gasteiger partial charge in [0.05, 0.1) is 0 Å². The summed E-state index contributed by atoms with van der Waals surface area (Å²) in [7, 11) is 0. The molecule has 0 spiro atoms. The summed E-state index contributed by atoms with van der Waals surface area (Å²) in [5.74, 6) is -2.17. The lowest BCUT2D eigenvalue weighted by atomic mass is 10.1. The lowest BCUT2D eigenvalue weighted by Crippen LogP contribution is -2.34. The summed E-state index contributed by atoms with van der Waals surface area (Å²) in [4.78, 5) is 22.7. The Hall–Kier alpha value is -2.57. The van der Waals surface area contributed by atoms with Gasteiger partial charge in [0.25, 0.3) is 11.5 Å².